The maximum Gasteiger partial charge on any atom is -0.0146 e. The van der Waals surface area contributed by atoms with Crippen LogP contribution in [0.5, 0.6) is 0 Å². The van der Waals surface area contributed by atoms with Crippen LogP contribution in [0, 0.1) is 27.7 Å². The maximum atomic E-state index is 2.50. The van der Waals surface area contributed by atoms with E-state index in [2.05, 4.69) is 53.7 Å². The van der Waals surface area contributed by atoms with Crippen LogP contribution in [0.3, 0.4) is 0 Å². The van der Waals surface area contributed by atoms with Crippen molar-refractivity contribution in [3.8, 4) is 0 Å². The lowest BCUT2D eigenvalue weighted by atomic mass is 9.87. The molecule has 0 aliphatic heterocycles. The molecule has 0 heterocycles. The second-order valence-electron chi connectivity index (χ2n) is 6.87. The molecule has 0 saturated carbocycles. The van der Waals surface area contributed by atoms with E-state index in [4.69, 9.17) is 0 Å². The lowest BCUT2D eigenvalue weighted by Gasteiger charge is -2.18. The molecule has 0 nitrogen and oxygen atoms in total. The lowest BCUT2D eigenvalue weighted by Crippen LogP contribution is -2.00. The van der Waals surface area contributed by atoms with Crippen LogP contribution in [0.4, 0.5) is 0 Å². The van der Waals surface area contributed by atoms with Crippen molar-refractivity contribution < 1.29 is 0 Å². The minimum absolute atomic E-state index is 1.23. The van der Waals surface area contributed by atoms with Gasteiger partial charge in [0, 0.05) is 0 Å². The number of hydrogen-bond acceptors (Lipinski definition) is 0. The lowest BCUT2D eigenvalue weighted by molar-refractivity contribution is 0.759. The highest BCUT2D eigenvalue weighted by Crippen LogP contribution is 2.32. The largest absolute Gasteiger partial charge is 0.0654 e. The molecule has 0 aromatic heterocycles. The predicted molar refractivity (Wildman–Crippen MR) is 100 cm³/mol. The summed E-state index contributed by atoms with van der Waals surface area (Å²) in [4.78, 5) is 0. The van der Waals surface area contributed by atoms with Gasteiger partial charge in [0.2, 0.25) is 0 Å². The van der Waals surface area contributed by atoms with E-state index >= 15 is 0 Å². The fourth-order valence-corrected chi connectivity index (χ4v) is 3.48. The first-order valence-corrected chi connectivity index (χ1v) is 9.03. The molecule has 0 amide bonds. The summed E-state index contributed by atoms with van der Waals surface area (Å²) in [7, 11) is 0. The van der Waals surface area contributed by atoms with Crippen LogP contribution in [-0.4, -0.2) is 0 Å². The van der Waals surface area contributed by atoms with Gasteiger partial charge in [0.05, 0.1) is 0 Å². The first-order valence-electron chi connectivity index (χ1n) is 9.03. The number of fused-ring (bicyclic) bond motifs is 1. The van der Waals surface area contributed by atoms with Gasteiger partial charge in [-0.05, 0) is 97.5 Å². The first kappa shape index (κ1) is 17.1. The molecule has 2 aromatic carbocycles. The number of benzene rings is 2. The van der Waals surface area contributed by atoms with Gasteiger partial charge in [-0.1, -0.05) is 38.8 Å². The Morgan fingerprint density at radius 3 is 1.27 bits per heavy atom. The summed E-state index contributed by atoms with van der Waals surface area (Å²) in [5.41, 5.74) is 9.05. The SMILES string of the molecule is CCCCc1cc2c(C)c(C)c(C)c(C)c2cc1CCCC. The average Bonchev–Trinajstić information content (AvgIpc) is 2.54. The maximum absolute atomic E-state index is 2.50. The number of unbranched alkanes of at least 4 members (excludes halogenated alkanes) is 2. The van der Waals surface area contributed by atoms with Crippen molar-refractivity contribution in [3.63, 3.8) is 0 Å². The van der Waals surface area contributed by atoms with Crippen molar-refractivity contribution in [1.82, 2.24) is 0 Å². The minimum Gasteiger partial charge on any atom is -0.0654 e. The van der Waals surface area contributed by atoms with E-state index in [-0.39, 0.29) is 0 Å². The van der Waals surface area contributed by atoms with Crippen LogP contribution in [0.1, 0.15) is 72.9 Å². The Kier molecular flexibility index (Phi) is 5.67. The quantitative estimate of drug-likeness (QED) is 0.552. The molecule has 0 radical (unpaired) electrons. The highest BCUT2D eigenvalue weighted by Gasteiger charge is 2.12. The average molecular weight is 296 g/mol. The van der Waals surface area contributed by atoms with Gasteiger partial charge >= 0.3 is 0 Å². The minimum atomic E-state index is 1.23. The van der Waals surface area contributed by atoms with Gasteiger partial charge in [-0.2, -0.15) is 0 Å². The number of rotatable bonds is 6. The monoisotopic (exact) mass is 296 g/mol. The molecule has 0 atom stereocenters. The van der Waals surface area contributed by atoms with Crippen molar-refractivity contribution in [1.29, 1.82) is 0 Å². The summed E-state index contributed by atoms with van der Waals surface area (Å²) in [5, 5.41) is 2.96. The van der Waals surface area contributed by atoms with E-state index in [0.717, 1.165) is 0 Å². The van der Waals surface area contributed by atoms with Crippen LogP contribution >= 0.6 is 0 Å². The fraction of sp³-hybridized carbons (Fsp3) is 0.545. The Morgan fingerprint density at radius 1 is 0.591 bits per heavy atom. The highest BCUT2D eigenvalue weighted by molar-refractivity contribution is 5.92. The smallest absolute Gasteiger partial charge is 0.0146 e. The van der Waals surface area contributed by atoms with E-state index in [0.29, 0.717) is 0 Å². The molecule has 0 heteroatoms. The molecule has 22 heavy (non-hydrogen) atoms. The van der Waals surface area contributed by atoms with Crippen LogP contribution in [0.15, 0.2) is 12.1 Å². The summed E-state index contributed by atoms with van der Waals surface area (Å²) >= 11 is 0. The van der Waals surface area contributed by atoms with Crippen LogP contribution < -0.4 is 0 Å². The highest BCUT2D eigenvalue weighted by atomic mass is 14.2. The summed E-state index contributed by atoms with van der Waals surface area (Å²) < 4.78 is 0. The van der Waals surface area contributed by atoms with Crippen LogP contribution in [0.25, 0.3) is 10.8 Å². The Morgan fingerprint density at radius 2 is 0.955 bits per heavy atom. The first-order chi connectivity index (χ1) is 10.5. The summed E-state index contributed by atoms with van der Waals surface area (Å²) in [5.74, 6) is 0. The third kappa shape index (κ3) is 3.21. The van der Waals surface area contributed by atoms with Gasteiger partial charge in [0.15, 0.2) is 0 Å². The normalized spacial score (nSPS) is 11.4. The molecule has 0 aliphatic rings. The summed E-state index contributed by atoms with van der Waals surface area (Å²) in [6.07, 6.45) is 7.61. The Balaban J connectivity index is 2.65. The van der Waals surface area contributed by atoms with Gasteiger partial charge in [-0.15, -0.1) is 0 Å². The molecule has 0 spiro atoms. The zero-order valence-corrected chi connectivity index (χ0v) is 15.4. The fourth-order valence-electron chi connectivity index (χ4n) is 3.48. The van der Waals surface area contributed by atoms with Crippen molar-refractivity contribution in [2.45, 2.75) is 80.1 Å². The van der Waals surface area contributed by atoms with E-state index in [9.17, 15) is 0 Å². The second kappa shape index (κ2) is 7.31. The molecule has 0 unspecified atom stereocenters. The predicted octanol–water partition coefficient (Wildman–Crippen LogP) is 6.76. The van der Waals surface area contributed by atoms with Gasteiger partial charge in [0.1, 0.15) is 0 Å². The molecule has 0 saturated heterocycles. The third-order valence-corrected chi connectivity index (χ3v) is 5.43. The molecule has 2 aromatic rings. The molecule has 0 bridgehead atoms. The van der Waals surface area contributed by atoms with E-state index in [1.54, 1.807) is 11.1 Å². The van der Waals surface area contributed by atoms with E-state index in [1.165, 1.54) is 71.6 Å². The molecular weight excluding hydrogens is 264 g/mol. The Bertz CT molecular complexity index is 603. The number of hydrogen-bond donors (Lipinski definition) is 0. The standard InChI is InChI=1S/C22H32/c1-7-9-11-19-13-21-17(5)15(3)16(4)18(6)22(21)14-20(19)12-10-8-2/h13-14H,7-12H2,1-6H3. The topological polar surface area (TPSA) is 0 Å². The third-order valence-electron chi connectivity index (χ3n) is 5.43. The molecule has 2 rings (SSSR count). The molecular formula is C22H32. The molecule has 120 valence electrons. The van der Waals surface area contributed by atoms with Crippen molar-refractivity contribution in [2.75, 3.05) is 0 Å². The van der Waals surface area contributed by atoms with Gasteiger partial charge in [0.25, 0.3) is 0 Å². The summed E-state index contributed by atoms with van der Waals surface area (Å²) in [6, 6.07) is 5.01. The molecule has 0 aliphatic carbocycles. The van der Waals surface area contributed by atoms with Crippen molar-refractivity contribution >= 4 is 10.8 Å². The molecule has 0 fully saturated rings. The van der Waals surface area contributed by atoms with Crippen molar-refractivity contribution in [2.24, 2.45) is 0 Å². The zero-order chi connectivity index (χ0) is 16.3. The van der Waals surface area contributed by atoms with Gasteiger partial charge in [-0.3, -0.25) is 0 Å². The van der Waals surface area contributed by atoms with Crippen LogP contribution in [-0.2, 0) is 12.8 Å². The van der Waals surface area contributed by atoms with E-state index < -0.39 is 0 Å². The van der Waals surface area contributed by atoms with Gasteiger partial charge < -0.3 is 0 Å². The Hall–Kier alpha value is -1.30. The zero-order valence-electron chi connectivity index (χ0n) is 15.4. The Labute approximate surface area is 136 Å². The van der Waals surface area contributed by atoms with Crippen molar-refractivity contribution in [3.05, 3.63) is 45.5 Å². The van der Waals surface area contributed by atoms with Crippen LogP contribution in [0.2, 0.25) is 0 Å². The number of aryl methyl sites for hydroxylation is 4. The summed E-state index contributed by atoms with van der Waals surface area (Å²) in [6.45, 7) is 13.7. The van der Waals surface area contributed by atoms with Gasteiger partial charge in [-0.25, -0.2) is 0 Å². The van der Waals surface area contributed by atoms with E-state index in [1.807, 2.05) is 0 Å². The molecule has 0 N–H and O–H groups in total. The second-order valence-corrected chi connectivity index (χ2v) is 6.87.